The van der Waals surface area contributed by atoms with Crippen molar-refractivity contribution in [2.45, 2.75) is 76.6 Å². The third-order valence-corrected chi connectivity index (χ3v) is 11.1. The van der Waals surface area contributed by atoms with Gasteiger partial charge in [-0.15, -0.1) is 10.2 Å². The Morgan fingerprint density at radius 3 is 2.46 bits per heavy atom. The molecule has 4 aromatic heterocycles. The quantitative estimate of drug-likeness (QED) is 0.298. The molecule has 0 unspecified atom stereocenters. The molecule has 6 rings (SSSR count). The molecule has 6 heterocycles. The first-order valence-corrected chi connectivity index (χ1v) is 16.7. The average molecular weight is 689 g/mol. The zero-order chi connectivity index (χ0) is 34.8. The predicted molar refractivity (Wildman–Crippen MR) is 165 cm³/mol. The summed E-state index contributed by atoms with van der Waals surface area (Å²) in [5.41, 5.74) is 0.426. The van der Waals surface area contributed by atoms with Crippen LogP contribution >= 0.6 is 0 Å². The van der Waals surface area contributed by atoms with Crippen LogP contribution in [0.2, 0.25) is 0 Å². The minimum Gasteiger partial charge on any atom is -0.481 e. The van der Waals surface area contributed by atoms with E-state index in [0.29, 0.717) is 59.6 Å². The molecule has 0 radical (unpaired) electrons. The van der Waals surface area contributed by atoms with Gasteiger partial charge in [0.1, 0.15) is 10.5 Å². The summed E-state index contributed by atoms with van der Waals surface area (Å²) in [5, 5.41) is 17.5. The number of aryl methyl sites for hydroxylation is 3. The first-order valence-electron chi connectivity index (χ1n) is 15.3. The Labute approximate surface area is 275 Å². The number of nitrogens with zero attached hydrogens (tertiary/aromatic N) is 6. The highest BCUT2D eigenvalue weighted by atomic mass is 32.2. The number of ether oxygens (including phenoxy) is 2. The van der Waals surface area contributed by atoms with Crippen molar-refractivity contribution in [2.75, 3.05) is 19.8 Å². The fourth-order valence-corrected chi connectivity index (χ4v) is 8.18. The summed E-state index contributed by atoms with van der Waals surface area (Å²) in [6.07, 6.45) is 0.396. The van der Waals surface area contributed by atoms with E-state index in [1.54, 1.807) is 33.0 Å². The van der Waals surface area contributed by atoms with Crippen LogP contribution in [0.1, 0.15) is 71.9 Å². The number of rotatable bonds is 6. The van der Waals surface area contributed by atoms with Crippen LogP contribution < -0.4 is 4.74 Å². The lowest BCUT2D eigenvalue weighted by molar-refractivity contribution is -0.147. The summed E-state index contributed by atoms with van der Waals surface area (Å²) in [7, 11) is -4.13. The van der Waals surface area contributed by atoms with Crippen molar-refractivity contribution in [1.82, 2.24) is 28.9 Å². The number of pyridine rings is 3. The van der Waals surface area contributed by atoms with Crippen LogP contribution in [0.5, 0.6) is 5.88 Å². The van der Waals surface area contributed by atoms with E-state index in [2.05, 4.69) is 20.2 Å². The highest BCUT2D eigenvalue weighted by molar-refractivity contribution is 7.89. The highest BCUT2D eigenvalue weighted by Gasteiger charge is 2.46. The Morgan fingerprint density at radius 1 is 1.08 bits per heavy atom. The van der Waals surface area contributed by atoms with Gasteiger partial charge in [0.15, 0.2) is 5.65 Å². The van der Waals surface area contributed by atoms with Crippen LogP contribution in [-0.4, -0.2) is 73.7 Å². The number of aliphatic carboxylic acids is 1. The zero-order valence-electron chi connectivity index (χ0n) is 27.0. The van der Waals surface area contributed by atoms with Gasteiger partial charge in [-0.2, -0.15) is 17.5 Å². The van der Waals surface area contributed by atoms with E-state index in [1.165, 1.54) is 42.7 Å². The fraction of sp³-hybridized carbons (Fsp3) is 0.469. The minimum absolute atomic E-state index is 0.0199. The van der Waals surface area contributed by atoms with E-state index < -0.39 is 44.9 Å². The number of carboxylic acid groups (broad SMARTS) is 1. The largest absolute Gasteiger partial charge is 0.481 e. The van der Waals surface area contributed by atoms with Gasteiger partial charge in [-0.25, -0.2) is 13.4 Å². The Bertz CT molecular complexity index is 2020. The molecule has 0 aliphatic carbocycles. The van der Waals surface area contributed by atoms with E-state index in [1.807, 2.05) is 0 Å². The number of fused-ring (bicyclic) bond motifs is 2. The van der Waals surface area contributed by atoms with Crippen LogP contribution in [0.25, 0.3) is 5.65 Å². The number of hydrogen-bond donors (Lipinski definition) is 1. The van der Waals surface area contributed by atoms with Gasteiger partial charge in [-0.1, -0.05) is 6.07 Å². The van der Waals surface area contributed by atoms with Gasteiger partial charge in [-0.05, 0) is 74.6 Å². The molecule has 2 aliphatic rings. The second-order valence-electron chi connectivity index (χ2n) is 13.1. The average Bonchev–Trinajstić information content (AvgIpc) is 3.44. The lowest BCUT2D eigenvalue weighted by Gasteiger charge is -2.38. The molecule has 0 bridgehead atoms. The molecule has 0 amide bonds. The fourth-order valence-electron chi connectivity index (χ4n) is 6.54. The van der Waals surface area contributed by atoms with Gasteiger partial charge >= 0.3 is 12.1 Å². The molecule has 12 nitrogen and oxygen atoms in total. The number of aromatic nitrogens is 5. The molecule has 0 saturated carbocycles. The summed E-state index contributed by atoms with van der Waals surface area (Å²) in [4.78, 5) is 21.6. The topological polar surface area (TPSA) is 149 Å². The Balaban J connectivity index is 1.47. The second-order valence-corrected chi connectivity index (χ2v) is 15.0. The SMILES string of the molecule is Cc1cnc2c(c1)S(=O)(=O)N(Cc1cc([C@H](c3ccn4c(C(F)(F)F)nnc4c3C)C(C)(C)C(=O)O)cnc1C)CC1(CCOCC1)O2. The molecule has 2 aliphatic heterocycles. The molecule has 4 aromatic rings. The van der Waals surface area contributed by atoms with Crippen LogP contribution in [0.3, 0.4) is 0 Å². The van der Waals surface area contributed by atoms with Crippen LogP contribution in [0, 0.1) is 26.2 Å². The Hall–Kier alpha value is -4.15. The number of halogens is 3. The van der Waals surface area contributed by atoms with Gasteiger partial charge in [-0.3, -0.25) is 14.2 Å². The number of carbonyl (C=O) groups is 1. The normalized spacial score (nSPS) is 18.7. The van der Waals surface area contributed by atoms with E-state index in [4.69, 9.17) is 9.47 Å². The molecule has 1 fully saturated rings. The van der Waals surface area contributed by atoms with Gasteiger partial charge in [0.25, 0.3) is 0 Å². The molecule has 1 spiro atoms. The highest BCUT2D eigenvalue weighted by Crippen LogP contribution is 2.44. The van der Waals surface area contributed by atoms with Crippen LogP contribution in [0.15, 0.2) is 41.7 Å². The van der Waals surface area contributed by atoms with Crippen molar-refractivity contribution in [1.29, 1.82) is 0 Å². The molecule has 256 valence electrons. The molecular weight excluding hydrogens is 653 g/mol. The first-order chi connectivity index (χ1) is 22.4. The van der Waals surface area contributed by atoms with Crippen molar-refractivity contribution >= 4 is 21.6 Å². The maximum absolute atomic E-state index is 14.2. The number of alkyl halides is 3. The summed E-state index contributed by atoms with van der Waals surface area (Å²) < 4.78 is 83.4. The molecule has 1 atom stereocenters. The lowest BCUT2D eigenvalue weighted by Crippen LogP contribution is -2.50. The van der Waals surface area contributed by atoms with Crippen molar-refractivity contribution in [3.63, 3.8) is 0 Å². The second kappa shape index (κ2) is 11.8. The third-order valence-electron chi connectivity index (χ3n) is 9.35. The van der Waals surface area contributed by atoms with Gasteiger partial charge < -0.3 is 14.6 Å². The van der Waals surface area contributed by atoms with Crippen molar-refractivity contribution in [3.8, 4) is 5.88 Å². The van der Waals surface area contributed by atoms with E-state index in [9.17, 15) is 31.5 Å². The number of hydrogen-bond acceptors (Lipinski definition) is 9. The standard InChI is InChI=1S/C32H35F3N6O6S/c1-18-12-24-27(37-14-18)47-31(7-10-46-11-8-31)17-40(48(24,44)45)16-22-13-21(15-36-20(22)3)25(30(4,5)29(42)43)23-6-9-41-26(19(23)2)38-39-28(41)32(33,34)35/h6,9,12-15,25H,7-8,10-11,16-17H2,1-5H3,(H,42,43)/t25-/m1/s1. The summed E-state index contributed by atoms with van der Waals surface area (Å²) in [6.45, 7) is 8.77. The van der Waals surface area contributed by atoms with E-state index >= 15 is 0 Å². The van der Waals surface area contributed by atoms with Crippen molar-refractivity contribution < 1.29 is 41.0 Å². The monoisotopic (exact) mass is 688 g/mol. The van der Waals surface area contributed by atoms with Crippen molar-refractivity contribution in [2.24, 2.45) is 5.41 Å². The van der Waals surface area contributed by atoms with Crippen LogP contribution in [-0.2, 0) is 32.3 Å². The van der Waals surface area contributed by atoms with Gasteiger partial charge in [0.2, 0.25) is 21.7 Å². The summed E-state index contributed by atoms with van der Waals surface area (Å²) >= 11 is 0. The molecule has 16 heteroatoms. The predicted octanol–water partition coefficient (Wildman–Crippen LogP) is 4.84. The Morgan fingerprint density at radius 2 is 1.79 bits per heavy atom. The van der Waals surface area contributed by atoms with Crippen LogP contribution in [0.4, 0.5) is 13.2 Å². The van der Waals surface area contributed by atoms with E-state index in [0.717, 1.165) is 4.40 Å². The lowest BCUT2D eigenvalue weighted by atomic mass is 9.70. The van der Waals surface area contributed by atoms with Crippen molar-refractivity contribution in [3.05, 3.63) is 76.1 Å². The maximum Gasteiger partial charge on any atom is 0.452 e. The molecule has 0 aromatic carbocycles. The smallest absolute Gasteiger partial charge is 0.452 e. The molecular formula is C32H35F3N6O6S. The third kappa shape index (κ3) is 5.79. The van der Waals surface area contributed by atoms with Gasteiger partial charge in [0.05, 0.1) is 25.2 Å². The molecule has 1 saturated heterocycles. The maximum atomic E-state index is 14.2. The number of carboxylic acids is 1. The number of sulfonamides is 1. The summed E-state index contributed by atoms with van der Waals surface area (Å²) in [6, 6.07) is 4.69. The first kappa shape index (κ1) is 33.7. The van der Waals surface area contributed by atoms with Gasteiger partial charge in [0, 0.05) is 49.6 Å². The minimum atomic E-state index is -4.75. The zero-order valence-corrected chi connectivity index (χ0v) is 27.8. The van der Waals surface area contributed by atoms with E-state index in [-0.39, 0.29) is 29.5 Å². The Kier molecular flexibility index (Phi) is 8.27. The summed E-state index contributed by atoms with van der Waals surface area (Å²) in [5.74, 6) is -3.24. The molecule has 48 heavy (non-hydrogen) atoms. The molecule has 1 N–H and O–H groups in total.